The number of hydrogen-bond acceptors (Lipinski definition) is 7. The van der Waals surface area contributed by atoms with Crippen molar-refractivity contribution in [1.82, 2.24) is 9.55 Å². The summed E-state index contributed by atoms with van der Waals surface area (Å²) in [5, 5.41) is 32.3. The molecule has 2 heterocycles. The summed E-state index contributed by atoms with van der Waals surface area (Å²) in [6.07, 6.45) is 2.30. The minimum Gasteiger partial charge on any atom is -0.394 e. The van der Waals surface area contributed by atoms with Crippen LogP contribution in [0.2, 0.25) is 0 Å². The highest BCUT2D eigenvalue weighted by molar-refractivity contribution is 6.03. The van der Waals surface area contributed by atoms with Crippen LogP contribution < -0.4 is 11.0 Å². The highest BCUT2D eigenvalue weighted by Crippen LogP contribution is 2.37. The van der Waals surface area contributed by atoms with Gasteiger partial charge in [0.25, 0.3) is 5.91 Å². The molecule has 1 aliphatic heterocycles. The molecule has 140 valence electrons. The third-order valence-electron chi connectivity index (χ3n) is 4.25. The molecule has 4 N–H and O–H groups in total. The zero-order valence-electron chi connectivity index (χ0n) is 14.0. The normalized spacial score (nSPS) is 27.1. The van der Waals surface area contributed by atoms with Crippen molar-refractivity contribution in [3.8, 4) is 12.3 Å². The van der Waals surface area contributed by atoms with Gasteiger partial charge in [-0.3, -0.25) is 9.36 Å². The van der Waals surface area contributed by atoms with E-state index in [0.717, 1.165) is 4.57 Å². The number of aromatic nitrogens is 2. The van der Waals surface area contributed by atoms with Crippen LogP contribution in [0.15, 0.2) is 47.4 Å². The van der Waals surface area contributed by atoms with Gasteiger partial charge in [-0.05, 0) is 18.2 Å². The number of amides is 1. The molecule has 1 amide bonds. The molecule has 0 bridgehead atoms. The van der Waals surface area contributed by atoms with Crippen LogP contribution in [-0.4, -0.2) is 55.2 Å². The highest BCUT2D eigenvalue weighted by atomic mass is 16.6. The molecule has 1 aromatic heterocycles. The minimum absolute atomic E-state index is 0.00777. The molecule has 0 aliphatic carbocycles. The van der Waals surface area contributed by atoms with Crippen LogP contribution in [0.25, 0.3) is 0 Å². The van der Waals surface area contributed by atoms with Crippen LogP contribution in [0.5, 0.6) is 0 Å². The summed E-state index contributed by atoms with van der Waals surface area (Å²) in [5.74, 6) is 1.55. The van der Waals surface area contributed by atoms with Gasteiger partial charge in [0.15, 0.2) is 11.8 Å². The Morgan fingerprint density at radius 2 is 2.07 bits per heavy atom. The van der Waals surface area contributed by atoms with Crippen molar-refractivity contribution in [2.24, 2.45) is 0 Å². The molecule has 9 heteroatoms. The van der Waals surface area contributed by atoms with Crippen molar-refractivity contribution in [3.05, 3.63) is 58.6 Å². The molecule has 0 unspecified atom stereocenters. The van der Waals surface area contributed by atoms with Crippen LogP contribution in [0, 0.1) is 12.3 Å². The fourth-order valence-corrected chi connectivity index (χ4v) is 2.79. The van der Waals surface area contributed by atoms with Crippen LogP contribution >= 0.6 is 0 Å². The summed E-state index contributed by atoms with van der Waals surface area (Å²) in [4.78, 5) is 28.2. The van der Waals surface area contributed by atoms with Crippen molar-refractivity contribution in [1.29, 1.82) is 0 Å². The second kappa shape index (κ2) is 7.30. The number of anilines is 1. The summed E-state index contributed by atoms with van der Waals surface area (Å²) in [7, 11) is 0. The van der Waals surface area contributed by atoms with Crippen molar-refractivity contribution < 1.29 is 24.9 Å². The predicted molar refractivity (Wildman–Crippen MR) is 93.7 cm³/mol. The van der Waals surface area contributed by atoms with E-state index < -0.39 is 42.2 Å². The van der Waals surface area contributed by atoms with Crippen LogP contribution in [-0.2, 0) is 4.74 Å². The SMILES string of the molecule is C#C[C@]1(O)[C@H](O)[C@@H](CO)O[C@H]1n1ccc(NC(=O)c2ccccc2)nc1=O. The maximum absolute atomic E-state index is 12.3. The predicted octanol–water partition coefficient (Wildman–Crippen LogP) is -0.890. The summed E-state index contributed by atoms with van der Waals surface area (Å²) in [6, 6.07) is 9.68. The number of nitrogens with one attached hydrogen (secondary N) is 1. The lowest BCUT2D eigenvalue weighted by molar-refractivity contribution is -0.0763. The van der Waals surface area contributed by atoms with E-state index >= 15 is 0 Å². The summed E-state index contributed by atoms with van der Waals surface area (Å²) >= 11 is 0. The number of carbonyl (C=O) groups excluding carboxylic acids is 1. The Morgan fingerprint density at radius 1 is 1.37 bits per heavy atom. The number of benzene rings is 1. The van der Waals surface area contributed by atoms with Crippen molar-refractivity contribution in [2.75, 3.05) is 11.9 Å². The molecule has 3 rings (SSSR count). The van der Waals surface area contributed by atoms with Gasteiger partial charge in [0.05, 0.1) is 6.61 Å². The first kappa shape index (κ1) is 18.8. The number of hydrogen-bond donors (Lipinski definition) is 4. The van der Waals surface area contributed by atoms with Gasteiger partial charge in [0.1, 0.15) is 18.0 Å². The van der Waals surface area contributed by atoms with Crippen LogP contribution in [0.3, 0.4) is 0 Å². The van der Waals surface area contributed by atoms with Crippen LogP contribution in [0.1, 0.15) is 16.6 Å². The van der Waals surface area contributed by atoms with E-state index in [1.807, 2.05) is 5.92 Å². The van der Waals surface area contributed by atoms with E-state index in [9.17, 15) is 24.9 Å². The number of carbonyl (C=O) groups is 1. The zero-order valence-corrected chi connectivity index (χ0v) is 14.0. The molecule has 4 atom stereocenters. The molecule has 2 aromatic rings. The fraction of sp³-hybridized carbons (Fsp3) is 0.278. The standard InChI is InChI=1S/C18H17N3O6/c1-2-18(26)14(23)12(10-22)27-16(18)21-9-8-13(20-17(21)25)19-15(24)11-6-4-3-5-7-11/h1,3-9,12,14,16,22-23,26H,10H2,(H,19,20,24,25)/t12-,14-,16-,18+/m1/s1. The molecule has 0 radical (unpaired) electrons. The smallest absolute Gasteiger partial charge is 0.351 e. The van der Waals surface area contributed by atoms with Crippen molar-refractivity contribution in [2.45, 2.75) is 24.0 Å². The minimum atomic E-state index is -2.23. The van der Waals surface area contributed by atoms with Gasteiger partial charge in [0, 0.05) is 11.8 Å². The molecule has 1 aromatic carbocycles. The Morgan fingerprint density at radius 3 is 2.67 bits per heavy atom. The average Bonchev–Trinajstić information content (AvgIpc) is 2.94. The maximum Gasteiger partial charge on any atom is 0.351 e. The molecule has 1 fully saturated rings. The van der Waals surface area contributed by atoms with Crippen molar-refractivity contribution in [3.63, 3.8) is 0 Å². The van der Waals surface area contributed by atoms with E-state index in [-0.39, 0.29) is 5.82 Å². The van der Waals surface area contributed by atoms with Gasteiger partial charge in [-0.15, -0.1) is 6.42 Å². The molecule has 1 aliphatic rings. The third kappa shape index (κ3) is 3.34. The number of terminal acetylenes is 1. The first-order chi connectivity index (χ1) is 12.9. The van der Waals surface area contributed by atoms with E-state index in [0.29, 0.717) is 5.56 Å². The van der Waals surface area contributed by atoms with Gasteiger partial charge in [-0.2, -0.15) is 4.98 Å². The van der Waals surface area contributed by atoms with Crippen LogP contribution in [0.4, 0.5) is 5.82 Å². The van der Waals surface area contributed by atoms with Crippen molar-refractivity contribution >= 4 is 11.7 Å². The average molecular weight is 371 g/mol. The van der Waals surface area contributed by atoms with E-state index in [1.165, 1.54) is 12.3 Å². The largest absolute Gasteiger partial charge is 0.394 e. The lowest BCUT2D eigenvalue weighted by Gasteiger charge is -2.26. The molecule has 1 saturated heterocycles. The fourth-order valence-electron chi connectivity index (χ4n) is 2.79. The second-order valence-corrected chi connectivity index (χ2v) is 5.95. The summed E-state index contributed by atoms with van der Waals surface area (Å²) < 4.78 is 6.22. The Hall–Kier alpha value is -3.03. The molecular weight excluding hydrogens is 354 g/mol. The number of aliphatic hydroxyl groups is 3. The first-order valence-electron chi connectivity index (χ1n) is 8.01. The summed E-state index contributed by atoms with van der Waals surface area (Å²) in [5.41, 5.74) is -2.71. The molecule has 0 saturated carbocycles. The van der Waals surface area contributed by atoms with E-state index in [4.69, 9.17) is 11.2 Å². The molecular formula is C18H17N3O6. The highest BCUT2D eigenvalue weighted by Gasteiger charge is 2.55. The number of ether oxygens (including phenoxy) is 1. The quantitative estimate of drug-likeness (QED) is 0.512. The van der Waals surface area contributed by atoms with E-state index in [2.05, 4.69) is 10.3 Å². The molecule has 27 heavy (non-hydrogen) atoms. The Kier molecular flexibility index (Phi) is 5.07. The summed E-state index contributed by atoms with van der Waals surface area (Å²) in [6.45, 7) is -0.602. The van der Waals surface area contributed by atoms with Gasteiger partial charge in [-0.1, -0.05) is 24.1 Å². The van der Waals surface area contributed by atoms with E-state index in [1.54, 1.807) is 30.3 Å². The third-order valence-corrected chi connectivity index (χ3v) is 4.25. The lowest BCUT2D eigenvalue weighted by Crippen LogP contribution is -2.47. The van der Waals surface area contributed by atoms with Gasteiger partial charge in [-0.25, -0.2) is 4.79 Å². The van der Waals surface area contributed by atoms with Gasteiger partial charge < -0.3 is 25.4 Å². The number of nitrogens with zero attached hydrogens (tertiary/aromatic N) is 2. The second-order valence-electron chi connectivity index (χ2n) is 5.95. The molecule has 0 spiro atoms. The Balaban J connectivity index is 1.86. The Labute approximate surface area is 153 Å². The number of aliphatic hydroxyl groups excluding tert-OH is 2. The molecule has 9 nitrogen and oxygen atoms in total. The topological polar surface area (TPSA) is 134 Å². The first-order valence-corrected chi connectivity index (χ1v) is 8.01. The Bertz CT molecular complexity index is 938. The zero-order chi connectivity index (χ0) is 19.6. The van der Waals surface area contributed by atoms with Gasteiger partial charge in [0.2, 0.25) is 0 Å². The van der Waals surface area contributed by atoms with Gasteiger partial charge >= 0.3 is 5.69 Å². The lowest BCUT2D eigenvalue weighted by atomic mass is 9.95. The monoisotopic (exact) mass is 371 g/mol. The maximum atomic E-state index is 12.3. The number of rotatable bonds is 4.